The van der Waals surface area contributed by atoms with Crippen molar-refractivity contribution in [2.45, 2.75) is 44.9 Å². The molecule has 2 rings (SSSR count). The van der Waals surface area contributed by atoms with Gasteiger partial charge in [-0.3, -0.25) is 0 Å². The molecule has 0 aromatic heterocycles. The Labute approximate surface area is 123 Å². The lowest BCUT2D eigenvalue weighted by Crippen LogP contribution is -2.12. The fraction of sp³-hybridized carbons (Fsp3) is 0.625. The highest BCUT2D eigenvalue weighted by atomic mass is 32.2. The molecule has 19 heavy (non-hydrogen) atoms. The molecule has 110 valence electrons. The van der Waals surface area contributed by atoms with Crippen LogP contribution in [0.3, 0.4) is 0 Å². The van der Waals surface area contributed by atoms with Gasteiger partial charge in [0.25, 0.3) is 0 Å². The number of hydrogen-bond acceptors (Lipinski definition) is 3. The third-order valence-electron chi connectivity index (χ3n) is 3.09. The Morgan fingerprint density at radius 3 is 2.47 bits per heavy atom. The number of benzene rings is 1. The Bertz CT molecular complexity index is 323. The predicted molar refractivity (Wildman–Crippen MR) is 90.3 cm³/mol. The molecule has 1 aliphatic heterocycles. The summed E-state index contributed by atoms with van der Waals surface area (Å²) in [5.41, 5.74) is 7.35. The number of nitrogens with two attached hydrogens (primary N) is 1. The summed E-state index contributed by atoms with van der Waals surface area (Å²) in [5.74, 6) is 0.884. The second-order valence-electron chi connectivity index (χ2n) is 4.82. The van der Waals surface area contributed by atoms with Crippen molar-refractivity contribution in [2.75, 3.05) is 25.2 Å². The zero-order valence-electron chi connectivity index (χ0n) is 13.1. The van der Waals surface area contributed by atoms with Gasteiger partial charge in [-0.2, -0.15) is 0 Å². The van der Waals surface area contributed by atoms with Gasteiger partial charge in [0.05, 0.1) is 0 Å². The van der Waals surface area contributed by atoms with Crippen LogP contribution in [-0.2, 0) is 6.42 Å². The van der Waals surface area contributed by atoms with Gasteiger partial charge >= 0.3 is 0 Å². The van der Waals surface area contributed by atoms with E-state index in [1.807, 2.05) is 11.8 Å². The first-order valence-electron chi connectivity index (χ1n) is 7.16. The third-order valence-corrected chi connectivity index (χ3v) is 3.91. The Hall–Kier alpha value is -0.670. The highest BCUT2D eigenvalue weighted by Crippen LogP contribution is 2.30. The Morgan fingerprint density at radius 2 is 1.95 bits per heavy atom. The molecule has 1 aromatic rings. The van der Waals surface area contributed by atoms with Gasteiger partial charge in [-0.1, -0.05) is 33.3 Å². The van der Waals surface area contributed by atoms with Crippen LogP contribution >= 0.6 is 11.8 Å². The van der Waals surface area contributed by atoms with E-state index in [1.165, 1.54) is 42.5 Å². The van der Waals surface area contributed by atoms with Crippen LogP contribution in [0.4, 0.5) is 5.69 Å². The third kappa shape index (κ3) is 6.88. The maximum Gasteiger partial charge on any atom is 0.0383 e. The summed E-state index contributed by atoms with van der Waals surface area (Å²) in [6, 6.07) is 6.51. The summed E-state index contributed by atoms with van der Waals surface area (Å²) >= 11 is 1.84. The summed E-state index contributed by atoms with van der Waals surface area (Å²) in [6.07, 6.45) is 5.95. The molecule has 0 spiro atoms. The van der Waals surface area contributed by atoms with E-state index in [0.717, 1.165) is 12.5 Å². The Morgan fingerprint density at radius 1 is 1.32 bits per heavy atom. The molecule has 1 heterocycles. The van der Waals surface area contributed by atoms with E-state index in [2.05, 4.69) is 56.3 Å². The molecular formula is C16H30N2S. The van der Waals surface area contributed by atoms with E-state index in [-0.39, 0.29) is 0 Å². The minimum Gasteiger partial charge on any atom is -0.385 e. The number of anilines is 1. The SMILES string of the molecule is CCC(C)C.CN.CSc1cccc2c1CCCN2. The lowest BCUT2D eigenvalue weighted by molar-refractivity contribution is 0.626. The van der Waals surface area contributed by atoms with Crippen molar-refractivity contribution in [3.05, 3.63) is 23.8 Å². The van der Waals surface area contributed by atoms with Crippen LogP contribution in [-0.4, -0.2) is 19.8 Å². The Kier molecular flexibility index (Phi) is 10.8. The summed E-state index contributed by atoms with van der Waals surface area (Å²) in [4.78, 5) is 1.43. The topological polar surface area (TPSA) is 38.0 Å². The van der Waals surface area contributed by atoms with E-state index in [0.29, 0.717) is 0 Å². The maximum atomic E-state index is 4.50. The Balaban J connectivity index is 0.000000396. The molecule has 1 aromatic carbocycles. The highest BCUT2D eigenvalue weighted by molar-refractivity contribution is 7.98. The number of rotatable bonds is 2. The second-order valence-corrected chi connectivity index (χ2v) is 5.67. The first kappa shape index (κ1) is 18.3. The molecule has 0 fully saturated rings. The van der Waals surface area contributed by atoms with Crippen LogP contribution in [0.1, 0.15) is 39.2 Å². The number of fused-ring (bicyclic) bond motifs is 1. The predicted octanol–water partition coefficient (Wildman–Crippen LogP) is 4.39. The van der Waals surface area contributed by atoms with Gasteiger partial charge in [-0.25, -0.2) is 0 Å². The normalized spacial score (nSPS) is 12.4. The average molecular weight is 282 g/mol. The highest BCUT2D eigenvalue weighted by Gasteiger charge is 2.10. The average Bonchev–Trinajstić information content (AvgIpc) is 2.49. The molecule has 0 unspecified atom stereocenters. The van der Waals surface area contributed by atoms with Crippen molar-refractivity contribution in [3.63, 3.8) is 0 Å². The van der Waals surface area contributed by atoms with Gasteiger partial charge in [0, 0.05) is 17.1 Å². The molecule has 2 nitrogen and oxygen atoms in total. The second kappa shape index (κ2) is 11.2. The first-order chi connectivity index (χ1) is 9.19. The van der Waals surface area contributed by atoms with Gasteiger partial charge in [0.15, 0.2) is 0 Å². The number of hydrogen-bond donors (Lipinski definition) is 2. The molecule has 0 bridgehead atoms. The minimum absolute atomic E-state index is 0.884. The fourth-order valence-corrected chi connectivity index (χ4v) is 2.34. The van der Waals surface area contributed by atoms with E-state index in [9.17, 15) is 0 Å². The maximum absolute atomic E-state index is 4.50. The number of nitrogens with one attached hydrogen (secondary N) is 1. The quantitative estimate of drug-likeness (QED) is 0.790. The lowest BCUT2D eigenvalue weighted by atomic mass is 10.0. The van der Waals surface area contributed by atoms with Gasteiger partial charge in [0.1, 0.15) is 0 Å². The van der Waals surface area contributed by atoms with Crippen molar-refractivity contribution in [1.82, 2.24) is 0 Å². The summed E-state index contributed by atoms with van der Waals surface area (Å²) in [7, 11) is 1.50. The summed E-state index contributed by atoms with van der Waals surface area (Å²) < 4.78 is 0. The zero-order valence-corrected chi connectivity index (χ0v) is 13.9. The van der Waals surface area contributed by atoms with Crippen molar-refractivity contribution >= 4 is 17.4 Å². The molecule has 0 radical (unpaired) electrons. The number of thioether (sulfide) groups is 1. The molecule has 0 saturated carbocycles. The van der Waals surface area contributed by atoms with Crippen LogP contribution in [0.2, 0.25) is 0 Å². The van der Waals surface area contributed by atoms with Gasteiger partial charge in [-0.05, 0) is 49.8 Å². The molecule has 1 aliphatic rings. The van der Waals surface area contributed by atoms with Crippen molar-refractivity contribution < 1.29 is 0 Å². The van der Waals surface area contributed by atoms with E-state index >= 15 is 0 Å². The minimum atomic E-state index is 0.884. The van der Waals surface area contributed by atoms with Crippen molar-refractivity contribution in [1.29, 1.82) is 0 Å². The lowest BCUT2D eigenvalue weighted by Gasteiger charge is -2.19. The van der Waals surface area contributed by atoms with Crippen LogP contribution in [0, 0.1) is 5.92 Å². The molecule has 3 N–H and O–H groups in total. The van der Waals surface area contributed by atoms with E-state index < -0.39 is 0 Å². The van der Waals surface area contributed by atoms with Crippen LogP contribution in [0.5, 0.6) is 0 Å². The molecular weight excluding hydrogens is 252 g/mol. The van der Waals surface area contributed by atoms with Crippen molar-refractivity contribution in [2.24, 2.45) is 11.7 Å². The molecule has 0 amide bonds. The zero-order chi connectivity index (χ0) is 14.7. The van der Waals surface area contributed by atoms with E-state index in [1.54, 1.807) is 0 Å². The molecule has 3 heteroatoms. The smallest absolute Gasteiger partial charge is 0.0383 e. The van der Waals surface area contributed by atoms with E-state index in [4.69, 9.17) is 0 Å². The fourth-order valence-electron chi connectivity index (χ4n) is 1.67. The summed E-state index contributed by atoms with van der Waals surface area (Å²) in [6.45, 7) is 7.77. The molecule has 0 atom stereocenters. The monoisotopic (exact) mass is 282 g/mol. The van der Waals surface area contributed by atoms with Gasteiger partial charge < -0.3 is 11.1 Å². The van der Waals surface area contributed by atoms with Crippen molar-refractivity contribution in [3.8, 4) is 0 Å². The standard InChI is InChI=1S/C10H13NS.C5H12.CH5N/c1-12-10-6-2-5-9-8(10)4-3-7-11-9;1-4-5(2)3;1-2/h2,5-6,11H,3-4,7H2,1H3;5H,4H2,1-3H3;2H2,1H3. The van der Waals surface area contributed by atoms with Crippen LogP contribution < -0.4 is 11.1 Å². The summed E-state index contributed by atoms with van der Waals surface area (Å²) in [5, 5.41) is 3.42. The van der Waals surface area contributed by atoms with Crippen LogP contribution in [0.15, 0.2) is 23.1 Å². The first-order valence-corrected chi connectivity index (χ1v) is 8.39. The van der Waals surface area contributed by atoms with Crippen LogP contribution in [0.25, 0.3) is 0 Å². The van der Waals surface area contributed by atoms with Gasteiger partial charge in [0.2, 0.25) is 0 Å². The van der Waals surface area contributed by atoms with Gasteiger partial charge in [-0.15, -0.1) is 11.8 Å². The molecule has 0 aliphatic carbocycles. The largest absolute Gasteiger partial charge is 0.385 e. The molecule has 0 saturated heterocycles.